The van der Waals surface area contributed by atoms with Crippen molar-refractivity contribution in [1.82, 2.24) is 4.90 Å². The number of hydrogen-bond acceptors (Lipinski definition) is 1. The first-order valence-corrected chi connectivity index (χ1v) is 6.28. The summed E-state index contributed by atoms with van der Waals surface area (Å²) in [6.45, 7) is 7.72. The maximum atomic E-state index is 12.2. The average molecular weight is 209 g/mol. The van der Waals surface area contributed by atoms with Gasteiger partial charge in [0.05, 0.1) is 0 Å². The Kier molecular flexibility index (Phi) is 2.78. The van der Waals surface area contributed by atoms with Crippen LogP contribution >= 0.6 is 0 Å². The first kappa shape index (κ1) is 11.0. The van der Waals surface area contributed by atoms with E-state index in [1.807, 2.05) is 0 Å². The summed E-state index contributed by atoms with van der Waals surface area (Å²) in [5.74, 6) is 0.748. The van der Waals surface area contributed by atoms with E-state index in [1.54, 1.807) is 0 Å². The zero-order valence-electron chi connectivity index (χ0n) is 10.3. The highest BCUT2D eigenvalue weighted by Crippen LogP contribution is 2.36. The van der Waals surface area contributed by atoms with Gasteiger partial charge in [0, 0.05) is 18.5 Å². The van der Waals surface area contributed by atoms with Gasteiger partial charge in [0.15, 0.2) is 0 Å². The third-order valence-corrected chi connectivity index (χ3v) is 3.72. The number of piperidine rings is 1. The van der Waals surface area contributed by atoms with Crippen LogP contribution in [0.2, 0.25) is 0 Å². The summed E-state index contributed by atoms with van der Waals surface area (Å²) >= 11 is 0. The van der Waals surface area contributed by atoms with Crippen molar-refractivity contribution < 1.29 is 4.79 Å². The van der Waals surface area contributed by atoms with Gasteiger partial charge in [-0.15, -0.1) is 0 Å². The molecule has 1 amide bonds. The lowest BCUT2D eigenvalue weighted by Crippen LogP contribution is -2.45. The zero-order chi connectivity index (χ0) is 11.1. The lowest BCUT2D eigenvalue weighted by Gasteiger charge is -2.37. The van der Waals surface area contributed by atoms with E-state index in [-0.39, 0.29) is 5.41 Å². The summed E-state index contributed by atoms with van der Waals surface area (Å²) in [5.41, 5.74) is 0.285. The minimum Gasteiger partial charge on any atom is -0.339 e. The number of carbonyl (C=O) groups excluding carboxylic acids is 1. The van der Waals surface area contributed by atoms with Gasteiger partial charge in [-0.2, -0.15) is 0 Å². The van der Waals surface area contributed by atoms with Crippen LogP contribution in [0.4, 0.5) is 0 Å². The molecule has 0 bridgehead atoms. The van der Waals surface area contributed by atoms with Gasteiger partial charge in [0.25, 0.3) is 0 Å². The molecule has 0 aliphatic carbocycles. The molecule has 0 saturated carbocycles. The van der Waals surface area contributed by atoms with E-state index < -0.39 is 0 Å². The average Bonchev–Trinajstić information content (AvgIpc) is 2.56. The van der Waals surface area contributed by atoms with Crippen molar-refractivity contribution >= 4 is 5.91 Å². The summed E-state index contributed by atoms with van der Waals surface area (Å²) in [6.07, 6.45) is 5.88. The van der Waals surface area contributed by atoms with Gasteiger partial charge < -0.3 is 4.90 Å². The standard InChI is InChI=1S/C13H23NO/c1-13(2,3)9-10-6-7-11-5-4-8-14(11)12(10)15/h10-11H,4-9H2,1-3H3. The Labute approximate surface area is 93.0 Å². The SMILES string of the molecule is CC(C)(C)CC1CCC2CCCN2C1=O. The van der Waals surface area contributed by atoms with Crippen molar-refractivity contribution in [3.05, 3.63) is 0 Å². The fraction of sp³-hybridized carbons (Fsp3) is 0.923. The smallest absolute Gasteiger partial charge is 0.225 e. The normalized spacial score (nSPS) is 31.9. The van der Waals surface area contributed by atoms with Crippen LogP contribution in [0.5, 0.6) is 0 Å². The maximum absolute atomic E-state index is 12.2. The molecule has 2 fully saturated rings. The van der Waals surface area contributed by atoms with Crippen molar-refractivity contribution in [2.24, 2.45) is 11.3 Å². The molecule has 0 N–H and O–H groups in total. The lowest BCUT2D eigenvalue weighted by atomic mass is 9.79. The highest BCUT2D eigenvalue weighted by molar-refractivity contribution is 5.80. The molecular formula is C13H23NO. The molecular weight excluding hydrogens is 186 g/mol. The predicted molar refractivity (Wildman–Crippen MR) is 61.5 cm³/mol. The van der Waals surface area contributed by atoms with Crippen LogP contribution in [0.1, 0.15) is 52.9 Å². The molecule has 2 rings (SSSR count). The molecule has 2 atom stereocenters. The van der Waals surface area contributed by atoms with E-state index >= 15 is 0 Å². The van der Waals surface area contributed by atoms with E-state index in [9.17, 15) is 4.79 Å². The van der Waals surface area contributed by atoms with E-state index in [0.29, 0.717) is 17.9 Å². The molecule has 2 saturated heterocycles. The molecule has 0 aromatic carbocycles. The number of amides is 1. The largest absolute Gasteiger partial charge is 0.339 e. The Bertz CT molecular complexity index is 254. The number of fused-ring (bicyclic) bond motifs is 1. The van der Waals surface area contributed by atoms with Crippen molar-refractivity contribution in [3.63, 3.8) is 0 Å². The summed E-state index contributed by atoms with van der Waals surface area (Å²) in [7, 11) is 0. The summed E-state index contributed by atoms with van der Waals surface area (Å²) in [6, 6.07) is 0.591. The first-order chi connectivity index (χ1) is 6.97. The van der Waals surface area contributed by atoms with Crippen molar-refractivity contribution in [3.8, 4) is 0 Å². The third-order valence-electron chi connectivity index (χ3n) is 3.72. The van der Waals surface area contributed by atoms with Crippen molar-refractivity contribution in [1.29, 1.82) is 0 Å². The minimum absolute atomic E-state index is 0.285. The van der Waals surface area contributed by atoms with Crippen LogP contribution < -0.4 is 0 Å². The Balaban J connectivity index is 2.00. The monoisotopic (exact) mass is 209 g/mol. The second-order valence-corrected chi connectivity index (χ2v) is 6.37. The van der Waals surface area contributed by atoms with Gasteiger partial charge in [0.1, 0.15) is 0 Å². The second kappa shape index (κ2) is 3.80. The van der Waals surface area contributed by atoms with Gasteiger partial charge >= 0.3 is 0 Å². The number of hydrogen-bond donors (Lipinski definition) is 0. The summed E-state index contributed by atoms with van der Waals surface area (Å²) < 4.78 is 0. The van der Waals surface area contributed by atoms with Crippen molar-refractivity contribution in [2.75, 3.05) is 6.54 Å². The fourth-order valence-electron chi connectivity index (χ4n) is 3.11. The van der Waals surface area contributed by atoms with Crippen LogP contribution in [0.25, 0.3) is 0 Å². The van der Waals surface area contributed by atoms with Crippen LogP contribution in [-0.4, -0.2) is 23.4 Å². The van der Waals surface area contributed by atoms with E-state index in [2.05, 4.69) is 25.7 Å². The highest BCUT2D eigenvalue weighted by Gasteiger charge is 2.38. The van der Waals surface area contributed by atoms with Crippen LogP contribution in [0.3, 0.4) is 0 Å². The molecule has 0 radical (unpaired) electrons. The Morgan fingerprint density at radius 2 is 2.00 bits per heavy atom. The molecule has 2 heterocycles. The molecule has 2 nitrogen and oxygen atoms in total. The summed E-state index contributed by atoms with van der Waals surface area (Å²) in [4.78, 5) is 14.4. The number of nitrogens with zero attached hydrogens (tertiary/aromatic N) is 1. The number of rotatable bonds is 1. The van der Waals surface area contributed by atoms with Crippen LogP contribution in [-0.2, 0) is 4.79 Å². The van der Waals surface area contributed by atoms with E-state index in [1.165, 1.54) is 19.3 Å². The van der Waals surface area contributed by atoms with E-state index in [4.69, 9.17) is 0 Å². The molecule has 2 unspecified atom stereocenters. The molecule has 86 valence electrons. The van der Waals surface area contributed by atoms with Crippen LogP contribution in [0.15, 0.2) is 0 Å². The van der Waals surface area contributed by atoms with E-state index in [0.717, 1.165) is 19.4 Å². The molecule has 0 spiro atoms. The van der Waals surface area contributed by atoms with Gasteiger partial charge in [-0.25, -0.2) is 0 Å². The quantitative estimate of drug-likeness (QED) is 0.650. The zero-order valence-corrected chi connectivity index (χ0v) is 10.3. The first-order valence-electron chi connectivity index (χ1n) is 6.28. The predicted octanol–water partition coefficient (Wildman–Crippen LogP) is 2.82. The van der Waals surface area contributed by atoms with Crippen LogP contribution in [0, 0.1) is 11.3 Å². The molecule has 15 heavy (non-hydrogen) atoms. The molecule has 0 aromatic heterocycles. The van der Waals surface area contributed by atoms with Gasteiger partial charge in [0.2, 0.25) is 5.91 Å². The lowest BCUT2D eigenvalue weighted by molar-refractivity contribution is -0.141. The molecule has 2 aliphatic heterocycles. The summed E-state index contributed by atoms with van der Waals surface area (Å²) in [5, 5.41) is 0. The second-order valence-electron chi connectivity index (χ2n) is 6.37. The topological polar surface area (TPSA) is 20.3 Å². The third kappa shape index (κ3) is 2.35. The Hall–Kier alpha value is -0.530. The highest BCUT2D eigenvalue weighted by atomic mass is 16.2. The van der Waals surface area contributed by atoms with Gasteiger partial charge in [-0.3, -0.25) is 4.79 Å². The van der Waals surface area contributed by atoms with Gasteiger partial charge in [-0.05, 0) is 37.5 Å². The Morgan fingerprint density at radius 3 is 2.67 bits per heavy atom. The Morgan fingerprint density at radius 1 is 1.27 bits per heavy atom. The number of carbonyl (C=O) groups is 1. The molecule has 0 aromatic rings. The minimum atomic E-state index is 0.285. The maximum Gasteiger partial charge on any atom is 0.225 e. The molecule has 2 heteroatoms. The van der Waals surface area contributed by atoms with Gasteiger partial charge in [-0.1, -0.05) is 20.8 Å². The fourth-order valence-corrected chi connectivity index (χ4v) is 3.11. The van der Waals surface area contributed by atoms with Crippen molar-refractivity contribution in [2.45, 2.75) is 58.9 Å². The molecule has 2 aliphatic rings.